The van der Waals surface area contributed by atoms with Crippen LogP contribution in [0.15, 0.2) is 77.8 Å². The smallest absolute Gasteiger partial charge is 0.421 e. The number of fused-ring (bicyclic) bond motifs is 3. The van der Waals surface area contributed by atoms with Gasteiger partial charge in [-0.25, -0.2) is 34.0 Å². The average molecular weight is 671 g/mol. The highest BCUT2D eigenvalue weighted by Crippen LogP contribution is 2.44. The van der Waals surface area contributed by atoms with Gasteiger partial charge in [0.2, 0.25) is 5.96 Å². The maximum atomic E-state index is 13.5. The van der Waals surface area contributed by atoms with Crippen molar-refractivity contribution in [1.82, 2.24) is 10.2 Å². The van der Waals surface area contributed by atoms with Gasteiger partial charge in [0.1, 0.15) is 23.9 Å². The maximum Gasteiger partial charge on any atom is 0.421 e. The predicted octanol–water partition coefficient (Wildman–Crippen LogP) is 6.57. The number of amides is 3. The lowest BCUT2D eigenvalue weighted by Gasteiger charge is -2.31. The van der Waals surface area contributed by atoms with Crippen molar-refractivity contribution in [3.8, 4) is 11.1 Å². The monoisotopic (exact) mass is 670 g/mol. The Morgan fingerprint density at radius 1 is 0.878 bits per heavy atom. The summed E-state index contributed by atoms with van der Waals surface area (Å²) in [6.07, 6.45) is -2.31. The van der Waals surface area contributed by atoms with E-state index in [1.165, 1.54) is 9.80 Å². The Labute approximate surface area is 285 Å². The third-order valence-electron chi connectivity index (χ3n) is 7.78. The van der Waals surface area contributed by atoms with Crippen molar-refractivity contribution < 1.29 is 38.5 Å². The predicted molar refractivity (Wildman–Crippen MR) is 184 cm³/mol. The number of carbonyl (C=O) groups is 4. The van der Waals surface area contributed by atoms with Crippen LogP contribution in [0.3, 0.4) is 0 Å². The molecular weight excluding hydrogens is 628 g/mol. The highest BCUT2D eigenvalue weighted by Gasteiger charge is 2.37. The topological polar surface area (TPSA) is 147 Å². The molecule has 1 aliphatic carbocycles. The summed E-state index contributed by atoms with van der Waals surface area (Å²) in [7, 11) is 0. The minimum absolute atomic E-state index is 0.0472. The van der Waals surface area contributed by atoms with E-state index >= 15 is 0 Å². The standard InChI is InChI=1S/C37H42N4O8/c1-36(2,3)48-34(45)40-20-19-38-32(40)41(35(46)49-37(4,5)6)24-17-15-23(16-18-24)21-30(31(42)43)39-33(44)47-22-29-27-13-9-7-11-25(27)26-12-8-10-14-28(26)29/h7-18,29-30H,19-22H2,1-6H3,(H,39,44)(H,42,43)/t30-/m0/s1. The van der Waals surface area contributed by atoms with Crippen molar-refractivity contribution >= 4 is 35.9 Å². The average Bonchev–Trinajstić information content (AvgIpc) is 3.62. The molecule has 3 aromatic rings. The summed E-state index contributed by atoms with van der Waals surface area (Å²) in [4.78, 5) is 58.4. The van der Waals surface area contributed by atoms with E-state index in [4.69, 9.17) is 14.2 Å². The first-order chi connectivity index (χ1) is 23.1. The van der Waals surface area contributed by atoms with Crippen molar-refractivity contribution in [2.75, 3.05) is 24.6 Å². The van der Waals surface area contributed by atoms with Crippen LogP contribution in [0.1, 0.15) is 64.2 Å². The molecule has 12 nitrogen and oxygen atoms in total. The first-order valence-electron chi connectivity index (χ1n) is 16.1. The largest absolute Gasteiger partial charge is 0.480 e. The number of rotatable bonds is 7. The number of hydrogen-bond donors (Lipinski definition) is 2. The van der Waals surface area contributed by atoms with E-state index in [-0.39, 0.29) is 38.0 Å². The van der Waals surface area contributed by atoms with Crippen LogP contribution in [-0.4, -0.2) is 77.2 Å². The quantitative estimate of drug-likeness (QED) is 0.269. The number of benzene rings is 3. The number of carboxylic acid groups (broad SMARTS) is 1. The van der Waals surface area contributed by atoms with Crippen molar-refractivity contribution in [2.45, 2.75) is 71.1 Å². The number of anilines is 1. The Hall–Kier alpha value is -5.39. The van der Waals surface area contributed by atoms with Crippen LogP contribution in [0.25, 0.3) is 11.1 Å². The third-order valence-corrected chi connectivity index (χ3v) is 7.78. The molecule has 0 radical (unpaired) electrons. The zero-order valence-electron chi connectivity index (χ0n) is 28.6. The van der Waals surface area contributed by atoms with Gasteiger partial charge in [0, 0.05) is 12.3 Å². The summed E-state index contributed by atoms with van der Waals surface area (Å²) in [6, 6.07) is 21.1. The van der Waals surface area contributed by atoms with E-state index in [1.807, 2.05) is 48.5 Å². The number of hydrogen-bond acceptors (Lipinski definition) is 8. The lowest BCUT2D eigenvalue weighted by molar-refractivity contribution is -0.139. The second kappa shape index (κ2) is 14.0. The molecule has 2 N–H and O–H groups in total. The summed E-state index contributed by atoms with van der Waals surface area (Å²) >= 11 is 0. The summed E-state index contributed by atoms with van der Waals surface area (Å²) in [5.41, 5.74) is 3.56. The fraction of sp³-hybridized carbons (Fsp3) is 0.378. The molecule has 258 valence electrons. The molecule has 0 fully saturated rings. The van der Waals surface area contributed by atoms with E-state index in [9.17, 15) is 24.3 Å². The number of carboxylic acids is 1. The normalized spacial score (nSPS) is 14.7. The van der Waals surface area contributed by atoms with Gasteiger partial charge in [0.15, 0.2) is 0 Å². The molecule has 1 heterocycles. The van der Waals surface area contributed by atoms with Gasteiger partial charge in [0.05, 0.1) is 18.8 Å². The molecule has 49 heavy (non-hydrogen) atoms. The number of nitrogens with zero attached hydrogens (tertiary/aromatic N) is 3. The Morgan fingerprint density at radius 2 is 1.45 bits per heavy atom. The highest BCUT2D eigenvalue weighted by molar-refractivity contribution is 6.17. The van der Waals surface area contributed by atoms with Crippen LogP contribution in [0.2, 0.25) is 0 Å². The summed E-state index contributed by atoms with van der Waals surface area (Å²) < 4.78 is 16.8. The Balaban J connectivity index is 1.28. The summed E-state index contributed by atoms with van der Waals surface area (Å²) in [5.74, 6) is -1.35. The lowest BCUT2D eigenvalue weighted by atomic mass is 9.98. The number of aliphatic carboxylic acids is 1. The number of nitrogens with one attached hydrogen (secondary N) is 1. The lowest BCUT2D eigenvalue weighted by Crippen LogP contribution is -2.50. The number of carbonyl (C=O) groups excluding carboxylic acids is 3. The molecule has 0 unspecified atom stereocenters. The van der Waals surface area contributed by atoms with E-state index in [0.29, 0.717) is 11.3 Å². The summed E-state index contributed by atoms with van der Waals surface area (Å²) in [5, 5.41) is 12.4. The van der Waals surface area contributed by atoms with E-state index < -0.39 is 41.5 Å². The molecule has 1 atom stereocenters. The van der Waals surface area contributed by atoms with E-state index in [2.05, 4.69) is 10.3 Å². The Kier molecular flexibility index (Phi) is 9.98. The first-order valence-corrected chi connectivity index (χ1v) is 16.1. The van der Waals surface area contributed by atoms with Crippen LogP contribution in [0.4, 0.5) is 20.1 Å². The van der Waals surface area contributed by atoms with Gasteiger partial charge >= 0.3 is 24.2 Å². The molecule has 0 aromatic heterocycles. The fourth-order valence-corrected chi connectivity index (χ4v) is 5.73. The van der Waals surface area contributed by atoms with Gasteiger partial charge in [0.25, 0.3) is 0 Å². The molecule has 0 spiro atoms. The van der Waals surface area contributed by atoms with Gasteiger partial charge in [-0.1, -0.05) is 60.7 Å². The highest BCUT2D eigenvalue weighted by atomic mass is 16.6. The van der Waals surface area contributed by atoms with Crippen molar-refractivity contribution in [1.29, 1.82) is 0 Å². The molecule has 0 bridgehead atoms. The molecular formula is C37H42N4O8. The van der Waals surface area contributed by atoms with Gasteiger partial charge in [-0.15, -0.1) is 0 Å². The van der Waals surface area contributed by atoms with Crippen LogP contribution in [0, 0.1) is 0 Å². The minimum Gasteiger partial charge on any atom is -0.480 e. The maximum absolute atomic E-state index is 13.5. The number of alkyl carbamates (subject to hydrolysis) is 1. The Bertz CT molecular complexity index is 1710. The number of guanidine groups is 1. The molecule has 3 aromatic carbocycles. The second-order valence-electron chi connectivity index (χ2n) is 13.9. The molecule has 0 saturated carbocycles. The van der Waals surface area contributed by atoms with Crippen molar-refractivity contribution in [3.05, 3.63) is 89.5 Å². The third kappa shape index (κ3) is 8.37. The Morgan fingerprint density at radius 3 is 2.00 bits per heavy atom. The number of ether oxygens (including phenoxy) is 3. The molecule has 2 aliphatic rings. The molecule has 1 aliphatic heterocycles. The van der Waals surface area contributed by atoms with Gasteiger partial charge < -0.3 is 24.6 Å². The van der Waals surface area contributed by atoms with Gasteiger partial charge in [-0.05, 0) is 81.5 Å². The fourth-order valence-electron chi connectivity index (χ4n) is 5.73. The molecule has 12 heteroatoms. The SMILES string of the molecule is CC(C)(C)OC(=O)N1CCN=C1N(C(=O)OC(C)(C)C)c1ccc(C[C@H](NC(=O)OCC2c3ccccc3-c3ccccc32)C(=O)O)cc1. The van der Waals surface area contributed by atoms with Crippen LogP contribution in [0.5, 0.6) is 0 Å². The molecule has 0 saturated heterocycles. The van der Waals surface area contributed by atoms with E-state index in [1.54, 1.807) is 65.8 Å². The molecule has 3 amide bonds. The first kappa shape index (κ1) is 34.9. The van der Waals surface area contributed by atoms with Gasteiger partial charge in [-0.2, -0.15) is 0 Å². The second-order valence-corrected chi connectivity index (χ2v) is 13.9. The minimum atomic E-state index is -1.29. The van der Waals surface area contributed by atoms with Crippen LogP contribution in [-0.2, 0) is 25.4 Å². The molecule has 5 rings (SSSR count). The van der Waals surface area contributed by atoms with Crippen LogP contribution < -0.4 is 10.2 Å². The van der Waals surface area contributed by atoms with Crippen molar-refractivity contribution in [2.24, 2.45) is 4.99 Å². The van der Waals surface area contributed by atoms with E-state index in [0.717, 1.165) is 22.3 Å². The van der Waals surface area contributed by atoms with Gasteiger partial charge in [-0.3, -0.25) is 0 Å². The zero-order chi connectivity index (χ0) is 35.5. The number of aliphatic imine (C=N–C) groups is 1. The van der Waals surface area contributed by atoms with Crippen molar-refractivity contribution in [3.63, 3.8) is 0 Å². The zero-order valence-corrected chi connectivity index (χ0v) is 28.6. The summed E-state index contributed by atoms with van der Waals surface area (Å²) in [6.45, 7) is 10.9. The van der Waals surface area contributed by atoms with Crippen LogP contribution >= 0.6 is 0 Å².